The maximum atomic E-state index is 11.7. The SMILES string of the molecule is CN(Cc1ccccc1)c1ccc(NC(=O)NC2CC2)cc1. The maximum Gasteiger partial charge on any atom is 0.319 e. The van der Waals surface area contributed by atoms with Crippen LogP contribution in [0.15, 0.2) is 54.6 Å². The van der Waals surface area contributed by atoms with Crippen LogP contribution in [0.25, 0.3) is 0 Å². The van der Waals surface area contributed by atoms with Crippen LogP contribution >= 0.6 is 0 Å². The van der Waals surface area contributed by atoms with Gasteiger partial charge in [0.15, 0.2) is 0 Å². The monoisotopic (exact) mass is 295 g/mol. The number of nitrogens with one attached hydrogen (secondary N) is 2. The molecule has 4 nitrogen and oxygen atoms in total. The molecule has 1 aliphatic rings. The number of rotatable bonds is 5. The van der Waals surface area contributed by atoms with E-state index in [-0.39, 0.29) is 6.03 Å². The zero-order chi connectivity index (χ0) is 15.4. The highest BCUT2D eigenvalue weighted by atomic mass is 16.2. The lowest BCUT2D eigenvalue weighted by atomic mass is 10.2. The number of anilines is 2. The highest BCUT2D eigenvalue weighted by Gasteiger charge is 2.23. The van der Waals surface area contributed by atoms with Crippen molar-refractivity contribution in [2.45, 2.75) is 25.4 Å². The molecule has 0 radical (unpaired) electrons. The molecule has 0 spiro atoms. The lowest BCUT2D eigenvalue weighted by molar-refractivity contribution is 0.251. The van der Waals surface area contributed by atoms with Crippen LogP contribution in [-0.2, 0) is 6.54 Å². The van der Waals surface area contributed by atoms with Gasteiger partial charge in [-0.25, -0.2) is 4.79 Å². The lowest BCUT2D eigenvalue weighted by Crippen LogP contribution is -2.30. The fraction of sp³-hybridized carbons (Fsp3) is 0.278. The number of hydrogen-bond acceptors (Lipinski definition) is 2. The molecule has 0 aliphatic heterocycles. The van der Waals surface area contributed by atoms with E-state index in [1.807, 2.05) is 30.3 Å². The maximum absolute atomic E-state index is 11.7. The minimum Gasteiger partial charge on any atom is -0.370 e. The summed E-state index contributed by atoms with van der Waals surface area (Å²) >= 11 is 0. The summed E-state index contributed by atoms with van der Waals surface area (Å²) in [5.74, 6) is 0. The molecule has 0 saturated heterocycles. The Morgan fingerprint density at radius 2 is 1.77 bits per heavy atom. The molecule has 0 atom stereocenters. The van der Waals surface area contributed by atoms with E-state index in [2.05, 4.69) is 46.8 Å². The number of urea groups is 1. The fourth-order valence-corrected chi connectivity index (χ4v) is 2.33. The van der Waals surface area contributed by atoms with Crippen molar-refractivity contribution in [1.29, 1.82) is 0 Å². The first kappa shape index (κ1) is 14.4. The molecule has 1 saturated carbocycles. The van der Waals surface area contributed by atoms with Crippen LogP contribution in [0, 0.1) is 0 Å². The Balaban J connectivity index is 1.57. The summed E-state index contributed by atoms with van der Waals surface area (Å²) in [5, 5.41) is 5.77. The summed E-state index contributed by atoms with van der Waals surface area (Å²) in [5.41, 5.74) is 3.21. The van der Waals surface area contributed by atoms with Crippen LogP contribution in [0.4, 0.5) is 16.2 Å². The molecule has 2 aromatic carbocycles. The molecule has 22 heavy (non-hydrogen) atoms. The highest BCUT2D eigenvalue weighted by molar-refractivity contribution is 5.89. The summed E-state index contributed by atoms with van der Waals surface area (Å²) in [6.07, 6.45) is 2.19. The number of nitrogens with zero attached hydrogens (tertiary/aromatic N) is 1. The van der Waals surface area contributed by atoms with E-state index in [4.69, 9.17) is 0 Å². The summed E-state index contributed by atoms with van der Waals surface area (Å²) in [7, 11) is 2.06. The number of hydrogen-bond donors (Lipinski definition) is 2. The van der Waals surface area contributed by atoms with Gasteiger partial charge in [0, 0.05) is 31.0 Å². The number of carbonyl (C=O) groups excluding carboxylic acids is 1. The van der Waals surface area contributed by atoms with Crippen molar-refractivity contribution in [3.63, 3.8) is 0 Å². The first-order chi connectivity index (χ1) is 10.7. The van der Waals surface area contributed by atoms with E-state index < -0.39 is 0 Å². The zero-order valence-electron chi connectivity index (χ0n) is 12.8. The van der Waals surface area contributed by atoms with Crippen LogP contribution in [0.1, 0.15) is 18.4 Å². The van der Waals surface area contributed by atoms with Gasteiger partial charge in [0.2, 0.25) is 0 Å². The topological polar surface area (TPSA) is 44.4 Å². The van der Waals surface area contributed by atoms with Gasteiger partial charge in [-0.1, -0.05) is 30.3 Å². The molecule has 0 unspecified atom stereocenters. The van der Waals surface area contributed by atoms with Crippen molar-refractivity contribution in [3.05, 3.63) is 60.2 Å². The second kappa shape index (κ2) is 6.52. The van der Waals surface area contributed by atoms with Crippen LogP contribution in [0.5, 0.6) is 0 Å². The summed E-state index contributed by atoms with van der Waals surface area (Å²) in [6.45, 7) is 0.857. The van der Waals surface area contributed by atoms with E-state index in [0.717, 1.165) is 30.8 Å². The summed E-state index contributed by atoms with van der Waals surface area (Å²) in [6, 6.07) is 18.5. The highest BCUT2D eigenvalue weighted by Crippen LogP contribution is 2.20. The van der Waals surface area contributed by atoms with E-state index in [9.17, 15) is 4.79 Å². The van der Waals surface area contributed by atoms with Crippen molar-refractivity contribution in [2.75, 3.05) is 17.3 Å². The van der Waals surface area contributed by atoms with Crippen molar-refractivity contribution in [3.8, 4) is 0 Å². The molecule has 0 bridgehead atoms. The Labute approximate surface area is 131 Å². The lowest BCUT2D eigenvalue weighted by Gasteiger charge is -2.20. The molecule has 2 N–H and O–H groups in total. The van der Waals surface area contributed by atoms with Gasteiger partial charge < -0.3 is 15.5 Å². The first-order valence-corrected chi connectivity index (χ1v) is 7.63. The van der Waals surface area contributed by atoms with Crippen LogP contribution in [-0.4, -0.2) is 19.1 Å². The van der Waals surface area contributed by atoms with Gasteiger partial charge in [0.1, 0.15) is 0 Å². The van der Waals surface area contributed by atoms with Gasteiger partial charge in [-0.05, 0) is 42.7 Å². The molecule has 1 aliphatic carbocycles. The molecule has 3 rings (SSSR count). The number of benzene rings is 2. The smallest absolute Gasteiger partial charge is 0.319 e. The second-order valence-corrected chi connectivity index (χ2v) is 5.76. The Kier molecular flexibility index (Phi) is 4.28. The average molecular weight is 295 g/mol. The van der Waals surface area contributed by atoms with Crippen molar-refractivity contribution < 1.29 is 4.79 Å². The van der Waals surface area contributed by atoms with Gasteiger partial charge in [-0.2, -0.15) is 0 Å². The van der Waals surface area contributed by atoms with Gasteiger partial charge >= 0.3 is 6.03 Å². The zero-order valence-corrected chi connectivity index (χ0v) is 12.8. The van der Waals surface area contributed by atoms with Crippen molar-refractivity contribution in [1.82, 2.24) is 5.32 Å². The Bertz CT molecular complexity index is 621. The molecular weight excluding hydrogens is 274 g/mol. The quantitative estimate of drug-likeness (QED) is 0.885. The van der Waals surface area contributed by atoms with E-state index >= 15 is 0 Å². The van der Waals surface area contributed by atoms with Gasteiger partial charge in [-0.15, -0.1) is 0 Å². The minimum atomic E-state index is -0.118. The molecule has 2 amide bonds. The average Bonchev–Trinajstić information content (AvgIpc) is 3.32. The third-order valence-corrected chi connectivity index (χ3v) is 3.74. The number of amides is 2. The molecule has 4 heteroatoms. The normalized spacial score (nSPS) is 13.5. The third-order valence-electron chi connectivity index (χ3n) is 3.74. The summed E-state index contributed by atoms with van der Waals surface area (Å²) < 4.78 is 0. The van der Waals surface area contributed by atoms with Crippen molar-refractivity contribution >= 4 is 17.4 Å². The summed E-state index contributed by atoms with van der Waals surface area (Å²) in [4.78, 5) is 13.9. The third kappa shape index (κ3) is 4.01. The van der Waals surface area contributed by atoms with E-state index in [1.165, 1.54) is 5.56 Å². The second-order valence-electron chi connectivity index (χ2n) is 5.76. The molecule has 0 aromatic heterocycles. The number of carbonyl (C=O) groups is 1. The van der Waals surface area contributed by atoms with E-state index in [1.54, 1.807) is 0 Å². The Morgan fingerprint density at radius 1 is 1.09 bits per heavy atom. The first-order valence-electron chi connectivity index (χ1n) is 7.63. The van der Waals surface area contributed by atoms with Crippen LogP contribution < -0.4 is 15.5 Å². The van der Waals surface area contributed by atoms with E-state index in [0.29, 0.717) is 6.04 Å². The predicted molar refractivity (Wildman–Crippen MR) is 90.2 cm³/mol. The predicted octanol–water partition coefficient (Wildman–Crippen LogP) is 3.61. The molecule has 114 valence electrons. The van der Waals surface area contributed by atoms with Crippen LogP contribution in [0.2, 0.25) is 0 Å². The Hall–Kier alpha value is -2.49. The fourth-order valence-electron chi connectivity index (χ4n) is 2.33. The largest absolute Gasteiger partial charge is 0.370 e. The van der Waals surface area contributed by atoms with Gasteiger partial charge in [0.05, 0.1) is 0 Å². The standard InChI is InChI=1S/C18H21N3O/c1-21(13-14-5-3-2-4-6-14)17-11-9-16(10-12-17)20-18(22)19-15-7-8-15/h2-6,9-12,15H,7-8,13H2,1H3,(H2,19,20,22). The van der Waals surface area contributed by atoms with Gasteiger partial charge in [0.25, 0.3) is 0 Å². The molecule has 0 heterocycles. The molecular formula is C18H21N3O. The van der Waals surface area contributed by atoms with Crippen molar-refractivity contribution in [2.24, 2.45) is 0 Å². The molecule has 2 aromatic rings. The Morgan fingerprint density at radius 3 is 2.41 bits per heavy atom. The van der Waals surface area contributed by atoms with Crippen LogP contribution in [0.3, 0.4) is 0 Å². The van der Waals surface area contributed by atoms with Gasteiger partial charge in [-0.3, -0.25) is 0 Å². The molecule has 1 fully saturated rings. The minimum absolute atomic E-state index is 0.118.